The number of hydrogen-bond acceptors (Lipinski definition) is 6. The van der Waals surface area contributed by atoms with E-state index in [2.05, 4.69) is 17.1 Å². The predicted octanol–water partition coefficient (Wildman–Crippen LogP) is 1.77. The van der Waals surface area contributed by atoms with Gasteiger partial charge in [-0.15, -0.1) is 0 Å². The second kappa shape index (κ2) is 4.44. The molecule has 22 heavy (non-hydrogen) atoms. The molecule has 1 saturated carbocycles. The lowest BCUT2D eigenvalue weighted by Gasteiger charge is -2.29. The molecule has 3 rings (SSSR count). The molecule has 7 heteroatoms. The van der Waals surface area contributed by atoms with Gasteiger partial charge >= 0.3 is 0 Å². The second-order valence-electron chi connectivity index (χ2n) is 5.28. The highest BCUT2D eigenvalue weighted by Crippen LogP contribution is 2.82. The molecule has 0 aromatic heterocycles. The van der Waals surface area contributed by atoms with Gasteiger partial charge in [-0.05, 0) is 11.6 Å². The third-order valence-electron chi connectivity index (χ3n) is 4.70. The monoisotopic (exact) mass is 316 g/mol. The molecule has 3 atom stereocenters. The molecular formula is C15H13ClN4O2. The maximum Gasteiger partial charge on any atom is 0.292 e. The molecule has 1 aliphatic heterocycles. The highest BCUT2D eigenvalue weighted by atomic mass is 35.5. The van der Waals surface area contributed by atoms with Crippen molar-refractivity contribution in [3.8, 4) is 12.1 Å². The molecule has 1 heterocycles. The van der Waals surface area contributed by atoms with Crippen LogP contribution in [0, 0.1) is 33.5 Å². The molecule has 2 aliphatic rings. The minimum absolute atomic E-state index is 0.0326. The smallest absolute Gasteiger partial charge is 0.292 e. The molecule has 0 saturated heterocycles. The lowest BCUT2D eigenvalue weighted by molar-refractivity contribution is -0.230. The van der Waals surface area contributed by atoms with Crippen molar-refractivity contribution in [2.45, 2.75) is 11.8 Å². The Hall–Kier alpha value is -2.12. The van der Waals surface area contributed by atoms with E-state index in [0.29, 0.717) is 10.6 Å². The van der Waals surface area contributed by atoms with Crippen molar-refractivity contribution >= 4 is 17.4 Å². The van der Waals surface area contributed by atoms with E-state index in [0.717, 1.165) is 0 Å². The van der Waals surface area contributed by atoms with Crippen LogP contribution < -0.4 is 5.73 Å². The average molecular weight is 317 g/mol. The molecule has 1 aliphatic carbocycles. The van der Waals surface area contributed by atoms with Crippen LogP contribution in [0.2, 0.25) is 5.02 Å². The number of halogens is 1. The quantitative estimate of drug-likeness (QED) is 0.856. The summed E-state index contributed by atoms with van der Waals surface area (Å²) in [6.07, 6.45) is 0. The molecule has 2 N–H and O–H groups in total. The minimum Gasteiger partial charge on any atom is -0.386 e. The van der Waals surface area contributed by atoms with Gasteiger partial charge in [-0.2, -0.15) is 10.5 Å². The number of nitriles is 2. The van der Waals surface area contributed by atoms with Gasteiger partial charge in [0.25, 0.3) is 5.91 Å². The summed E-state index contributed by atoms with van der Waals surface area (Å²) >= 11 is 6.25. The van der Waals surface area contributed by atoms with Gasteiger partial charge < -0.3 is 15.2 Å². The van der Waals surface area contributed by atoms with Crippen molar-refractivity contribution in [1.29, 1.82) is 10.5 Å². The fourth-order valence-electron chi connectivity index (χ4n) is 3.70. The Labute approximate surface area is 132 Å². The molecule has 0 unspecified atom stereocenters. The highest BCUT2D eigenvalue weighted by molar-refractivity contribution is 6.31. The van der Waals surface area contributed by atoms with Crippen LogP contribution >= 0.6 is 11.6 Å². The summed E-state index contributed by atoms with van der Waals surface area (Å²) in [5.74, 6) is -2.16. The third-order valence-corrected chi connectivity index (χ3v) is 5.04. The van der Waals surface area contributed by atoms with E-state index in [1.54, 1.807) is 24.3 Å². The molecule has 0 radical (unpaired) electrons. The number of hydrogen-bond donors (Lipinski definition) is 1. The maximum absolute atomic E-state index is 9.87. The number of nitrogens with two attached hydrogens (primary N) is 1. The zero-order valence-corrected chi connectivity index (χ0v) is 12.8. The van der Waals surface area contributed by atoms with Crippen LogP contribution in [0.25, 0.3) is 0 Å². The van der Waals surface area contributed by atoms with Crippen molar-refractivity contribution < 1.29 is 9.47 Å². The van der Waals surface area contributed by atoms with Gasteiger partial charge in [0.2, 0.25) is 0 Å². The van der Waals surface area contributed by atoms with Crippen molar-refractivity contribution in [2.75, 3.05) is 14.2 Å². The predicted molar refractivity (Wildman–Crippen MR) is 78.7 cm³/mol. The minimum atomic E-state index is -1.62. The first kappa shape index (κ1) is 14.8. The van der Waals surface area contributed by atoms with E-state index in [4.69, 9.17) is 26.8 Å². The molecular weight excluding hydrogens is 304 g/mol. The molecule has 1 aromatic rings. The van der Waals surface area contributed by atoms with Gasteiger partial charge in [0, 0.05) is 25.2 Å². The van der Waals surface area contributed by atoms with Gasteiger partial charge in [-0.3, -0.25) is 0 Å². The summed E-state index contributed by atoms with van der Waals surface area (Å²) in [6, 6.07) is 11.4. The fraction of sp³-hybridized carbons (Fsp3) is 0.400. The molecule has 0 amide bonds. The summed E-state index contributed by atoms with van der Waals surface area (Å²) in [6.45, 7) is 0. The van der Waals surface area contributed by atoms with Crippen molar-refractivity contribution in [3.05, 3.63) is 34.9 Å². The first-order chi connectivity index (χ1) is 10.5. The number of nitrogens with zero attached hydrogens (tertiary/aromatic N) is 3. The SMILES string of the molecule is COC1(OC)N=C(N)[C@]2(C#N)[C@H](c3ccccc3Cl)[C@]12C#N. The topological polar surface area (TPSA) is 104 Å². The summed E-state index contributed by atoms with van der Waals surface area (Å²) in [5.41, 5.74) is 3.99. The Morgan fingerprint density at radius 2 is 1.86 bits per heavy atom. The Morgan fingerprint density at radius 3 is 2.36 bits per heavy atom. The van der Waals surface area contributed by atoms with E-state index in [9.17, 15) is 10.5 Å². The number of methoxy groups -OCH3 is 2. The Kier molecular flexibility index (Phi) is 2.99. The lowest BCUT2D eigenvalue weighted by atomic mass is 9.93. The Morgan fingerprint density at radius 1 is 1.23 bits per heavy atom. The van der Waals surface area contributed by atoms with Crippen molar-refractivity contribution in [1.82, 2.24) is 0 Å². The van der Waals surface area contributed by atoms with Crippen LogP contribution in [0.4, 0.5) is 0 Å². The molecule has 0 spiro atoms. The van der Waals surface area contributed by atoms with E-state index >= 15 is 0 Å². The molecule has 1 fully saturated rings. The number of amidine groups is 1. The third kappa shape index (κ3) is 1.25. The second-order valence-corrected chi connectivity index (χ2v) is 5.69. The largest absolute Gasteiger partial charge is 0.386 e. The number of fused-ring (bicyclic) bond motifs is 1. The van der Waals surface area contributed by atoms with Gasteiger partial charge in [0.1, 0.15) is 11.3 Å². The van der Waals surface area contributed by atoms with Crippen LogP contribution in [0.1, 0.15) is 11.5 Å². The number of rotatable bonds is 3. The first-order valence-corrected chi connectivity index (χ1v) is 6.92. The summed E-state index contributed by atoms with van der Waals surface area (Å²) in [7, 11) is 2.74. The summed E-state index contributed by atoms with van der Waals surface area (Å²) < 4.78 is 10.8. The lowest BCUT2D eigenvalue weighted by Crippen LogP contribution is -2.41. The highest BCUT2D eigenvalue weighted by Gasteiger charge is 2.93. The van der Waals surface area contributed by atoms with Crippen LogP contribution in [-0.4, -0.2) is 26.0 Å². The zero-order valence-electron chi connectivity index (χ0n) is 12.0. The Bertz CT molecular complexity index is 762. The molecule has 6 nitrogen and oxygen atoms in total. The van der Waals surface area contributed by atoms with Gasteiger partial charge in [-0.25, -0.2) is 4.99 Å². The number of benzene rings is 1. The van der Waals surface area contributed by atoms with Gasteiger partial charge in [0.15, 0.2) is 5.41 Å². The van der Waals surface area contributed by atoms with Crippen molar-refractivity contribution in [2.24, 2.45) is 21.6 Å². The van der Waals surface area contributed by atoms with Gasteiger partial charge in [0.05, 0.1) is 12.1 Å². The Balaban J connectivity index is 2.29. The van der Waals surface area contributed by atoms with E-state index in [1.807, 2.05) is 0 Å². The van der Waals surface area contributed by atoms with Crippen LogP contribution in [0.3, 0.4) is 0 Å². The van der Waals surface area contributed by atoms with E-state index in [1.165, 1.54) is 14.2 Å². The average Bonchev–Trinajstić information content (AvgIpc) is 3.10. The van der Waals surface area contributed by atoms with Crippen LogP contribution in [0.5, 0.6) is 0 Å². The fourth-order valence-corrected chi connectivity index (χ4v) is 3.94. The standard InChI is InChI=1S/C15H13ClN4O2/c1-21-15(22-2)14(8-18)11(9-5-3-4-6-10(9)16)13(14,7-17)12(19)20-15/h3-6,11H,1-2H3,(H2,19,20)/t11-,13-,14-/m0/s1. The zero-order chi connectivity index (χ0) is 16.2. The molecule has 1 aromatic carbocycles. The van der Waals surface area contributed by atoms with Crippen molar-refractivity contribution in [3.63, 3.8) is 0 Å². The molecule has 0 bridgehead atoms. The van der Waals surface area contributed by atoms with E-state index < -0.39 is 22.7 Å². The first-order valence-electron chi connectivity index (χ1n) is 6.54. The molecule has 112 valence electrons. The van der Waals surface area contributed by atoms with Crippen LogP contribution in [0.15, 0.2) is 29.3 Å². The summed E-state index contributed by atoms with van der Waals surface area (Å²) in [5, 5.41) is 20.1. The van der Waals surface area contributed by atoms with Gasteiger partial charge in [-0.1, -0.05) is 29.8 Å². The summed E-state index contributed by atoms with van der Waals surface area (Å²) in [4.78, 5) is 4.14. The van der Waals surface area contributed by atoms with Crippen LogP contribution in [-0.2, 0) is 9.47 Å². The normalized spacial score (nSPS) is 34.2. The number of ether oxygens (including phenoxy) is 2. The maximum atomic E-state index is 9.87. The van der Waals surface area contributed by atoms with E-state index in [-0.39, 0.29) is 5.84 Å². The number of aliphatic imine (C=N–C) groups is 1.